The molecule has 0 radical (unpaired) electrons. The van der Waals surface area contributed by atoms with Crippen molar-refractivity contribution in [1.82, 2.24) is 5.32 Å². The highest BCUT2D eigenvalue weighted by Crippen LogP contribution is 2.11. The largest absolute Gasteiger partial charge is 0.387 e. The molecular weight excluding hydrogens is 570 g/mol. The van der Waals surface area contributed by atoms with Crippen LogP contribution in [-0.4, -0.2) is 41.9 Å². The van der Waals surface area contributed by atoms with Gasteiger partial charge in [-0.2, -0.15) is 8.42 Å². The quantitative estimate of drug-likeness (QED) is 0.0399. The summed E-state index contributed by atoms with van der Waals surface area (Å²) in [6.45, 7) is 4.47. The second-order valence-electron chi connectivity index (χ2n) is 12.1. The van der Waals surface area contributed by atoms with Gasteiger partial charge in [0.15, 0.2) is 0 Å². The van der Waals surface area contributed by atoms with Gasteiger partial charge in [0.25, 0.3) is 10.1 Å². The Morgan fingerprint density at radius 3 is 1.59 bits per heavy atom. The Kier molecular flexibility index (Phi) is 30.1. The molecule has 0 fully saturated rings. The minimum atomic E-state index is -4.35. The van der Waals surface area contributed by atoms with Crippen molar-refractivity contribution >= 4 is 16.0 Å². The van der Waals surface area contributed by atoms with Crippen LogP contribution in [-0.2, 0) is 14.9 Å². The number of unbranched alkanes of at least 4 members (excludes halogenated alkanes) is 17. The summed E-state index contributed by atoms with van der Waals surface area (Å²) in [4.78, 5) is 12.4. The van der Waals surface area contributed by atoms with Crippen molar-refractivity contribution in [3.05, 3.63) is 48.6 Å². The lowest BCUT2D eigenvalue weighted by Crippen LogP contribution is -2.46. The highest BCUT2D eigenvalue weighted by molar-refractivity contribution is 7.85. The first-order valence-corrected chi connectivity index (χ1v) is 19.4. The van der Waals surface area contributed by atoms with Gasteiger partial charge in [0.05, 0.1) is 17.9 Å². The van der Waals surface area contributed by atoms with Crippen LogP contribution in [0.4, 0.5) is 0 Å². The van der Waals surface area contributed by atoms with E-state index in [2.05, 4.69) is 55.6 Å². The molecule has 0 aromatic carbocycles. The predicted octanol–water partition coefficient (Wildman–Crippen LogP) is 9.96. The van der Waals surface area contributed by atoms with Crippen LogP contribution in [0.15, 0.2) is 48.6 Å². The summed E-state index contributed by atoms with van der Waals surface area (Å²) in [5.74, 6) is -1.02. The van der Waals surface area contributed by atoms with Gasteiger partial charge in [0.2, 0.25) is 5.91 Å². The molecule has 0 heterocycles. The van der Waals surface area contributed by atoms with Crippen molar-refractivity contribution in [2.45, 2.75) is 174 Å². The topological polar surface area (TPSA) is 104 Å². The Morgan fingerprint density at radius 1 is 0.614 bits per heavy atom. The fourth-order valence-electron chi connectivity index (χ4n) is 5.02. The van der Waals surface area contributed by atoms with E-state index in [1.54, 1.807) is 6.08 Å². The van der Waals surface area contributed by atoms with E-state index in [0.717, 1.165) is 51.4 Å². The number of carbonyl (C=O) groups is 1. The Labute approximate surface area is 271 Å². The Morgan fingerprint density at radius 2 is 1.05 bits per heavy atom. The maximum absolute atomic E-state index is 12.4. The molecule has 0 aliphatic rings. The van der Waals surface area contributed by atoms with E-state index in [1.807, 2.05) is 0 Å². The number of hydrogen-bond acceptors (Lipinski definition) is 4. The normalized spacial score (nSPS) is 14.0. The lowest BCUT2D eigenvalue weighted by atomic mass is 10.1. The maximum atomic E-state index is 12.4. The fraction of sp³-hybridized carbons (Fsp3) is 0.757. The first-order chi connectivity index (χ1) is 21.3. The monoisotopic (exact) mass is 637 g/mol. The lowest BCUT2D eigenvalue weighted by molar-refractivity contribution is -0.122. The number of nitrogens with one attached hydrogen (secondary N) is 1. The zero-order valence-electron chi connectivity index (χ0n) is 28.3. The van der Waals surface area contributed by atoms with Gasteiger partial charge >= 0.3 is 0 Å². The van der Waals surface area contributed by atoms with Crippen molar-refractivity contribution in [1.29, 1.82) is 0 Å². The molecule has 0 spiro atoms. The third-order valence-corrected chi connectivity index (χ3v) is 8.51. The van der Waals surface area contributed by atoms with Gasteiger partial charge < -0.3 is 10.4 Å². The van der Waals surface area contributed by atoms with Crippen LogP contribution >= 0.6 is 0 Å². The number of aliphatic hydroxyl groups excluding tert-OH is 1. The molecule has 7 heteroatoms. The molecule has 6 nitrogen and oxygen atoms in total. The van der Waals surface area contributed by atoms with Gasteiger partial charge in [-0.25, -0.2) is 0 Å². The molecular formula is C37H67NO5S. The zero-order chi connectivity index (χ0) is 32.6. The van der Waals surface area contributed by atoms with E-state index < -0.39 is 28.0 Å². The average molecular weight is 638 g/mol. The maximum Gasteiger partial charge on any atom is 0.267 e. The van der Waals surface area contributed by atoms with Crippen molar-refractivity contribution < 1.29 is 22.9 Å². The summed E-state index contributed by atoms with van der Waals surface area (Å²) in [5, 5.41) is 13.1. The van der Waals surface area contributed by atoms with E-state index in [1.165, 1.54) is 83.1 Å². The number of carbonyl (C=O) groups excluding carboxylic acids is 1. The van der Waals surface area contributed by atoms with Gasteiger partial charge in [0, 0.05) is 6.42 Å². The number of amides is 1. The molecule has 3 N–H and O–H groups in total. The molecule has 0 saturated heterocycles. The smallest absolute Gasteiger partial charge is 0.267 e. The molecule has 2 atom stereocenters. The summed E-state index contributed by atoms with van der Waals surface area (Å²) >= 11 is 0. The van der Waals surface area contributed by atoms with Gasteiger partial charge in [-0.05, 0) is 64.2 Å². The van der Waals surface area contributed by atoms with E-state index in [-0.39, 0.29) is 12.3 Å². The number of hydrogen-bond donors (Lipinski definition) is 3. The number of aliphatic hydroxyl groups is 1. The van der Waals surface area contributed by atoms with Crippen LogP contribution in [0, 0.1) is 0 Å². The van der Waals surface area contributed by atoms with E-state index in [0.29, 0.717) is 12.8 Å². The first-order valence-electron chi connectivity index (χ1n) is 17.8. The van der Waals surface area contributed by atoms with Crippen LogP contribution in [0.1, 0.15) is 162 Å². The van der Waals surface area contributed by atoms with E-state index in [9.17, 15) is 22.9 Å². The van der Waals surface area contributed by atoms with E-state index in [4.69, 9.17) is 0 Å². The molecule has 2 unspecified atom stereocenters. The summed E-state index contributed by atoms with van der Waals surface area (Å²) in [6.07, 6.45) is 40.9. The second kappa shape index (κ2) is 31.3. The Bertz CT molecular complexity index is 878. The molecule has 256 valence electrons. The van der Waals surface area contributed by atoms with Gasteiger partial charge in [-0.3, -0.25) is 9.35 Å². The van der Waals surface area contributed by atoms with Crippen LogP contribution in [0.3, 0.4) is 0 Å². The number of allylic oxidation sites excluding steroid dienone is 7. The van der Waals surface area contributed by atoms with Gasteiger partial charge in [0.1, 0.15) is 0 Å². The van der Waals surface area contributed by atoms with Crippen molar-refractivity contribution in [3.8, 4) is 0 Å². The minimum Gasteiger partial charge on any atom is -0.387 e. The summed E-state index contributed by atoms with van der Waals surface area (Å²) < 4.78 is 32.3. The molecule has 0 saturated carbocycles. The molecule has 44 heavy (non-hydrogen) atoms. The fourth-order valence-corrected chi connectivity index (χ4v) is 5.76. The summed E-state index contributed by atoms with van der Waals surface area (Å²) in [7, 11) is -4.35. The Balaban J connectivity index is 4.09. The van der Waals surface area contributed by atoms with Crippen molar-refractivity contribution in [2.75, 3.05) is 5.75 Å². The minimum absolute atomic E-state index is 0.270. The molecule has 0 rings (SSSR count). The molecule has 0 bridgehead atoms. The SMILES string of the molecule is CCCCCC/C=C\C/C=C\CCCCCCCC(=O)NC(CS(=O)(=O)O)C(O)/C=C/CC/C=C/CCCCCCCCC. The average Bonchev–Trinajstić information content (AvgIpc) is 2.98. The highest BCUT2D eigenvalue weighted by atomic mass is 32.2. The zero-order valence-corrected chi connectivity index (χ0v) is 29.1. The van der Waals surface area contributed by atoms with Gasteiger partial charge in [-0.1, -0.05) is 140 Å². The summed E-state index contributed by atoms with van der Waals surface area (Å²) in [5.41, 5.74) is 0. The first kappa shape index (κ1) is 42.3. The standard InChI is InChI=1S/C37H67NO5S/c1-3-5-7-9-11-13-15-17-18-19-21-23-25-27-29-31-33-37(40)38-35(34-44(41,42)43)36(39)32-30-28-26-24-22-20-16-14-12-10-8-6-4-2/h13,15,18-19,22,24,30,32,35-36,39H,3-12,14,16-17,20-21,23,25-29,31,33-34H2,1-2H3,(H,38,40)(H,41,42,43)/b15-13-,19-18-,24-22+,32-30+. The van der Waals surface area contributed by atoms with Crippen LogP contribution in [0.2, 0.25) is 0 Å². The van der Waals surface area contributed by atoms with Gasteiger partial charge in [-0.15, -0.1) is 0 Å². The third-order valence-electron chi connectivity index (χ3n) is 7.73. The Hall–Kier alpha value is -1.70. The molecule has 0 aliphatic carbocycles. The second-order valence-corrected chi connectivity index (χ2v) is 13.6. The predicted molar refractivity (Wildman–Crippen MR) is 188 cm³/mol. The van der Waals surface area contributed by atoms with Crippen LogP contribution < -0.4 is 5.32 Å². The van der Waals surface area contributed by atoms with Crippen LogP contribution in [0.5, 0.6) is 0 Å². The molecule has 0 aliphatic heterocycles. The van der Waals surface area contributed by atoms with Crippen molar-refractivity contribution in [2.24, 2.45) is 0 Å². The van der Waals surface area contributed by atoms with Crippen LogP contribution in [0.25, 0.3) is 0 Å². The molecule has 0 aromatic heterocycles. The number of rotatable bonds is 31. The third kappa shape index (κ3) is 31.7. The summed E-state index contributed by atoms with van der Waals surface area (Å²) in [6, 6.07) is -1.08. The highest BCUT2D eigenvalue weighted by Gasteiger charge is 2.24. The molecule has 0 aromatic rings. The lowest BCUT2D eigenvalue weighted by Gasteiger charge is -2.21. The van der Waals surface area contributed by atoms with Crippen molar-refractivity contribution in [3.63, 3.8) is 0 Å². The molecule has 1 amide bonds. The van der Waals surface area contributed by atoms with E-state index >= 15 is 0 Å².